The van der Waals surface area contributed by atoms with Crippen LogP contribution in [0, 0.1) is 0 Å². The summed E-state index contributed by atoms with van der Waals surface area (Å²) >= 11 is 0. The van der Waals surface area contributed by atoms with Gasteiger partial charge in [0.2, 0.25) is 0 Å². The summed E-state index contributed by atoms with van der Waals surface area (Å²) in [5.74, 6) is 0. The molecule has 0 atom stereocenters. The molecule has 0 N–H and O–H groups in total. The van der Waals surface area contributed by atoms with Crippen molar-refractivity contribution in [2.75, 3.05) is 0 Å². The van der Waals surface area contributed by atoms with Gasteiger partial charge in [0.15, 0.2) is 0 Å². The molecule has 0 spiro atoms. The Kier molecular flexibility index (Phi) is 5.02. The van der Waals surface area contributed by atoms with Gasteiger partial charge in [0.25, 0.3) is 0 Å². The largest absolute Gasteiger partial charge is 0.494 e. The highest BCUT2D eigenvalue weighted by molar-refractivity contribution is 6.66. The first-order chi connectivity index (χ1) is 13.8. The molecule has 0 unspecified atom stereocenters. The van der Waals surface area contributed by atoms with Crippen LogP contribution in [0.4, 0.5) is 0 Å². The summed E-state index contributed by atoms with van der Waals surface area (Å²) in [6.07, 6.45) is 0. The average molecular weight is 406 g/mol. The number of hydrogen-bond acceptors (Lipinski definition) is 4. The Bertz CT molecular complexity index is 851. The van der Waals surface area contributed by atoms with Crippen molar-refractivity contribution in [3.63, 3.8) is 0 Å². The minimum Gasteiger partial charge on any atom is -0.399 e. The van der Waals surface area contributed by atoms with Gasteiger partial charge < -0.3 is 18.6 Å². The van der Waals surface area contributed by atoms with Crippen LogP contribution in [0.15, 0.2) is 48.5 Å². The molecule has 0 radical (unpaired) electrons. The highest BCUT2D eigenvalue weighted by Crippen LogP contribution is 2.38. The lowest BCUT2D eigenvalue weighted by Crippen LogP contribution is -2.41. The fourth-order valence-corrected chi connectivity index (χ4v) is 3.70. The second-order valence-corrected chi connectivity index (χ2v) is 10.4. The average Bonchev–Trinajstić information content (AvgIpc) is 3.02. The topological polar surface area (TPSA) is 36.9 Å². The maximum Gasteiger partial charge on any atom is 0.494 e. The molecule has 2 aromatic rings. The lowest BCUT2D eigenvalue weighted by atomic mass is 9.70. The maximum absolute atomic E-state index is 6.34. The fourth-order valence-electron chi connectivity index (χ4n) is 3.70. The van der Waals surface area contributed by atoms with Crippen LogP contribution < -0.4 is 10.9 Å². The van der Waals surface area contributed by atoms with Gasteiger partial charge in [-0.05, 0) is 77.4 Å². The van der Waals surface area contributed by atoms with Crippen molar-refractivity contribution in [1.82, 2.24) is 0 Å². The smallest absolute Gasteiger partial charge is 0.399 e. The molecule has 2 aliphatic rings. The summed E-state index contributed by atoms with van der Waals surface area (Å²) in [5.41, 5.74) is 2.58. The lowest BCUT2D eigenvalue weighted by molar-refractivity contribution is 0.00578. The predicted molar refractivity (Wildman–Crippen MR) is 123 cm³/mol. The van der Waals surface area contributed by atoms with Crippen LogP contribution in [0.5, 0.6) is 0 Å². The highest BCUT2D eigenvalue weighted by Gasteiger charge is 2.54. The van der Waals surface area contributed by atoms with Crippen LogP contribution in [0.3, 0.4) is 0 Å². The van der Waals surface area contributed by atoms with Crippen LogP contribution in [0.1, 0.15) is 55.4 Å². The second-order valence-electron chi connectivity index (χ2n) is 10.4. The Morgan fingerprint density at radius 3 is 1.23 bits per heavy atom. The summed E-state index contributed by atoms with van der Waals surface area (Å²) in [5, 5.41) is 0. The minimum atomic E-state index is -0.445. The Morgan fingerprint density at radius 2 is 0.867 bits per heavy atom. The van der Waals surface area contributed by atoms with Gasteiger partial charge in [-0.25, -0.2) is 0 Å². The maximum atomic E-state index is 6.34. The van der Waals surface area contributed by atoms with E-state index < -0.39 is 36.6 Å². The molecule has 158 valence electrons. The van der Waals surface area contributed by atoms with Crippen molar-refractivity contribution in [1.29, 1.82) is 0 Å². The van der Waals surface area contributed by atoms with Gasteiger partial charge >= 0.3 is 14.2 Å². The Morgan fingerprint density at radius 1 is 0.500 bits per heavy atom. The molecular weight excluding hydrogens is 374 g/mol. The molecule has 0 saturated carbocycles. The third-order valence-electron chi connectivity index (χ3n) is 7.14. The van der Waals surface area contributed by atoms with Crippen molar-refractivity contribution in [3.05, 3.63) is 48.5 Å². The summed E-state index contributed by atoms with van der Waals surface area (Å²) < 4.78 is 25.3. The van der Waals surface area contributed by atoms with Gasteiger partial charge in [-0.2, -0.15) is 0 Å². The van der Waals surface area contributed by atoms with E-state index in [0.717, 1.165) is 22.1 Å². The van der Waals surface area contributed by atoms with Crippen molar-refractivity contribution in [2.24, 2.45) is 0 Å². The number of hydrogen-bond donors (Lipinski definition) is 0. The van der Waals surface area contributed by atoms with E-state index in [-0.39, 0.29) is 0 Å². The van der Waals surface area contributed by atoms with Crippen LogP contribution in [-0.4, -0.2) is 36.6 Å². The number of rotatable bonds is 3. The fraction of sp³-hybridized carbons (Fsp3) is 0.500. The monoisotopic (exact) mass is 406 g/mol. The van der Waals surface area contributed by atoms with Crippen molar-refractivity contribution in [2.45, 2.75) is 77.8 Å². The van der Waals surface area contributed by atoms with Crippen LogP contribution in [0.25, 0.3) is 11.1 Å². The molecule has 0 aromatic heterocycles. The molecule has 0 amide bonds. The summed E-state index contributed by atoms with van der Waals surface area (Å²) in [6, 6.07) is 16.7. The molecular formula is C24H32B2O4. The van der Waals surface area contributed by atoms with E-state index in [1.807, 2.05) is 18.2 Å². The molecule has 30 heavy (non-hydrogen) atoms. The van der Waals surface area contributed by atoms with E-state index in [1.54, 1.807) is 0 Å². The minimum absolute atomic E-state index is 0.398. The van der Waals surface area contributed by atoms with E-state index in [9.17, 15) is 0 Å². The van der Waals surface area contributed by atoms with Crippen LogP contribution in [0.2, 0.25) is 0 Å². The molecule has 2 aliphatic heterocycles. The molecule has 2 saturated heterocycles. The van der Waals surface area contributed by atoms with Gasteiger partial charge in [0, 0.05) is 0 Å². The normalized spacial score (nSPS) is 23.7. The van der Waals surface area contributed by atoms with Crippen molar-refractivity contribution >= 4 is 25.2 Å². The zero-order chi connectivity index (χ0) is 21.9. The molecule has 6 heteroatoms. The number of benzene rings is 2. The standard InChI is InChI=1S/C24H32B2O4/c1-21(2)22(3,4)28-25(27-21)19-14-18(17-12-10-9-11-13-17)15-20(16-19)26-29-23(5,6)24(7,8)30-26/h9-16H,1-8H3. The summed E-state index contributed by atoms with van der Waals surface area (Å²) in [4.78, 5) is 0. The third kappa shape index (κ3) is 3.64. The van der Waals surface area contributed by atoms with Crippen LogP contribution >= 0.6 is 0 Å². The Labute approximate surface area is 181 Å². The van der Waals surface area contributed by atoms with Gasteiger partial charge in [-0.1, -0.05) is 48.5 Å². The van der Waals surface area contributed by atoms with E-state index in [4.69, 9.17) is 18.6 Å². The quantitative estimate of drug-likeness (QED) is 0.724. The van der Waals surface area contributed by atoms with Gasteiger partial charge in [-0.3, -0.25) is 0 Å². The van der Waals surface area contributed by atoms with E-state index in [2.05, 4.69) is 85.7 Å². The van der Waals surface area contributed by atoms with Gasteiger partial charge in [0.05, 0.1) is 22.4 Å². The van der Waals surface area contributed by atoms with Crippen LogP contribution in [-0.2, 0) is 18.6 Å². The first-order valence-electron chi connectivity index (χ1n) is 10.7. The van der Waals surface area contributed by atoms with Crippen molar-refractivity contribution < 1.29 is 18.6 Å². The van der Waals surface area contributed by atoms with E-state index in [0.29, 0.717) is 0 Å². The van der Waals surface area contributed by atoms with Gasteiger partial charge in [0.1, 0.15) is 0 Å². The van der Waals surface area contributed by atoms with Crippen molar-refractivity contribution in [3.8, 4) is 11.1 Å². The van der Waals surface area contributed by atoms with E-state index in [1.165, 1.54) is 0 Å². The first kappa shape index (κ1) is 21.6. The molecule has 4 rings (SSSR count). The third-order valence-corrected chi connectivity index (χ3v) is 7.14. The Balaban J connectivity index is 1.77. The first-order valence-corrected chi connectivity index (χ1v) is 10.7. The molecule has 4 nitrogen and oxygen atoms in total. The second kappa shape index (κ2) is 6.96. The Hall–Kier alpha value is -1.59. The lowest BCUT2D eigenvalue weighted by Gasteiger charge is -2.32. The molecule has 0 bridgehead atoms. The predicted octanol–water partition coefficient (Wildman–Crippen LogP) is 3.95. The summed E-state index contributed by atoms with van der Waals surface area (Å²) in [6.45, 7) is 16.6. The van der Waals surface area contributed by atoms with E-state index >= 15 is 0 Å². The highest BCUT2D eigenvalue weighted by atomic mass is 16.7. The molecule has 2 fully saturated rings. The molecule has 2 aromatic carbocycles. The summed E-state index contributed by atoms with van der Waals surface area (Å²) in [7, 11) is -0.889. The SMILES string of the molecule is CC1(C)OB(c2cc(B3OC(C)(C)C(C)(C)O3)cc(-c3ccccc3)c2)OC1(C)C. The zero-order valence-electron chi connectivity index (χ0n) is 19.4. The van der Waals surface area contributed by atoms with Gasteiger partial charge in [-0.15, -0.1) is 0 Å². The molecule has 0 aliphatic carbocycles. The molecule has 2 heterocycles. The zero-order valence-corrected chi connectivity index (χ0v) is 19.4.